The highest BCUT2D eigenvalue weighted by atomic mass is 32.2. The molecule has 1 nitrogen and oxygen atoms in total. The van der Waals surface area contributed by atoms with Crippen LogP contribution in [0.15, 0.2) is 0 Å². The Morgan fingerprint density at radius 1 is 1.00 bits per heavy atom. The van der Waals surface area contributed by atoms with Gasteiger partial charge in [-0.25, -0.2) is 0 Å². The monoisotopic (exact) mass is 231 g/mol. The molecule has 0 radical (unpaired) electrons. The van der Waals surface area contributed by atoms with Crippen molar-refractivity contribution in [3.8, 4) is 0 Å². The smallest absolute Gasteiger partial charge is 0.00965 e. The molecular weight excluding hydrogens is 202 g/mol. The summed E-state index contributed by atoms with van der Waals surface area (Å²) in [5.74, 6) is 2.55. The molecule has 0 aliphatic carbocycles. The lowest BCUT2D eigenvalue weighted by Gasteiger charge is -2.27. The van der Waals surface area contributed by atoms with Crippen molar-refractivity contribution in [2.45, 2.75) is 59.9 Å². The molecule has 0 aliphatic heterocycles. The van der Waals surface area contributed by atoms with Gasteiger partial charge in [0.2, 0.25) is 0 Å². The van der Waals surface area contributed by atoms with Crippen molar-refractivity contribution in [1.29, 1.82) is 0 Å². The van der Waals surface area contributed by atoms with Crippen molar-refractivity contribution in [2.24, 2.45) is 5.41 Å². The van der Waals surface area contributed by atoms with Crippen LogP contribution in [-0.2, 0) is 0 Å². The predicted octanol–water partition coefficient (Wildman–Crippen LogP) is 3.93. The third kappa shape index (κ3) is 10.6. The normalized spacial score (nSPS) is 13.2. The van der Waals surface area contributed by atoms with E-state index < -0.39 is 0 Å². The second kappa shape index (κ2) is 6.80. The summed E-state index contributed by atoms with van der Waals surface area (Å²) in [6, 6.07) is 0. The van der Waals surface area contributed by atoms with Gasteiger partial charge in [0, 0.05) is 5.54 Å². The van der Waals surface area contributed by atoms with E-state index in [1.807, 2.05) is 0 Å². The van der Waals surface area contributed by atoms with E-state index in [9.17, 15) is 0 Å². The summed E-state index contributed by atoms with van der Waals surface area (Å²) >= 11 is 2.05. The Balaban J connectivity index is 3.64. The number of thioether (sulfide) groups is 1. The van der Waals surface area contributed by atoms with Crippen LogP contribution in [0.5, 0.6) is 0 Å². The van der Waals surface area contributed by atoms with Crippen molar-refractivity contribution in [1.82, 2.24) is 5.32 Å². The molecule has 0 aromatic heterocycles. The average Bonchev–Trinajstić information content (AvgIpc) is 2.01. The minimum Gasteiger partial charge on any atom is -0.312 e. The van der Waals surface area contributed by atoms with Crippen LogP contribution in [0.25, 0.3) is 0 Å². The first-order chi connectivity index (χ1) is 6.77. The fourth-order valence-corrected chi connectivity index (χ4v) is 2.38. The highest BCUT2D eigenvalue weighted by Crippen LogP contribution is 2.26. The Morgan fingerprint density at radius 2 is 1.60 bits per heavy atom. The molecule has 0 aromatic rings. The van der Waals surface area contributed by atoms with Crippen LogP contribution < -0.4 is 5.32 Å². The zero-order chi connectivity index (χ0) is 11.9. The van der Waals surface area contributed by atoms with Crippen molar-refractivity contribution >= 4 is 11.8 Å². The molecular formula is C13H29NS. The number of hydrogen-bond donors (Lipinski definition) is 1. The molecule has 2 heteroatoms. The average molecular weight is 231 g/mol. The highest BCUT2D eigenvalue weighted by molar-refractivity contribution is 7.99. The summed E-state index contributed by atoms with van der Waals surface area (Å²) in [6.07, 6.45) is 2.60. The lowest BCUT2D eigenvalue weighted by molar-refractivity contribution is 0.297. The lowest BCUT2D eigenvalue weighted by Crippen LogP contribution is -2.38. The third-order valence-electron chi connectivity index (χ3n) is 2.58. The molecule has 0 unspecified atom stereocenters. The molecule has 0 saturated heterocycles. The van der Waals surface area contributed by atoms with Crippen LogP contribution >= 0.6 is 11.8 Å². The van der Waals surface area contributed by atoms with Crippen molar-refractivity contribution < 1.29 is 0 Å². The Labute approximate surface area is 101 Å². The van der Waals surface area contributed by atoms with Gasteiger partial charge in [-0.15, -0.1) is 0 Å². The summed E-state index contributed by atoms with van der Waals surface area (Å²) in [5.41, 5.74) is 0.745. The van der Waals surface area contributed by atoms with Gasteiger partial charge in [0.1, 0.15) is 0 Å². The van der Waals surface area contributed by atoms with E-state index >= 15 is 0 Å². The van der Waals surface area contributed by atoms with Crippen LogP contribution in [-0.4, -0.2) is 23.6 Å². The van der Waals surface area contributed by atoms with Gasteiger partial charge >= 0.3 is 0 Å². The summed E-state index contributed by atoms with van der Waals surface area (Å²) in [5, 5.41) is 3.56. The van der Waals surface area contributed by atoms with Crippen molar-refractivity contribution in [2.75, 3.05) is 18.1 Å². The van der Waals surface area contributed by atoms with Gasteiger partial charge in [-0.3, -0.25) is 0 Å². The third-order valence-corrected chi connectivity index (χ3v) is 3.49. The molecule has 0 amide bonds. The highest BCUT2D eigenvalue weighted by Gasteiger charge is 2.18. The van der Waals surface area contributed by atoms with E-state index in [4.69, 9.17) is 0 Å². The lowest BCUT2D eigenvalue weighted by atomic mass is 9.86. The van der Waals surface area contributed by atoms with Crippen molar-refractivity contribution in [3.05, 3.63) is 0 Å². The first kappa shape index (κ1) is 15.3. The molecule has 0 bridgehead atoms. The van der Waals surface area contributed by atoms with Gasteiger partial charge in [0.05, 0.1) is 0 Å². The van der Waals surface area contributed by atoms with Crippen LogP contribution in [0.4, 0.5) is 0 Å². The van der Waals surface area contributed by atoms with E-state index in [2.05, 4.69) is 58.6 Å². The maximum Gasteiger partial charge on any atom is 0.00965 e. The summed E-state index contributed by atoms with van der Waals surface area (Å²) in [6.45, 7) is 14.8. The van der Waals surface area contributed by atoms with Gasteiger partial charge < -0.3 is 5.32 Å². The van der Waals surface area contributed by atoms with E-state index in [1.165, 1.54) is 24.3 Å². The quantitative estimate of drug-likeness (QED) is 0.666. The molecule has 0 heterocycles. The minimum absolute atomic E-state index is 0.258. The molecule has 1 N–H and O–H groups in total. The van der Waals surface area contributed by atoms with Crippen LogP contribution in [0.2, 0.25) is 0 Å². The Morgan fingerprint density at radius 3 is 2.07 bits per heavy atom. The van der Waals surface area contributed by atoms with Crippen LogP contribution in [0, 0.1) is 5.41 Å². The molecule has 0 aromatic carbocycles. The predicted molar refractivity (Wildman–Crippen MR) is 73.8 cm³/mol. The Bertz CT molecular complexity index is 158. The molecule has 0 atom stereocenters. The van der Waals surface area contributed by atoms with Gasteiger partial charge in [0.25, 0.3) is 0 Å². The zero-order valence-electron chi connectivity index (χ0n) is 11.4. The topological polar surface area (TPSA) is 12.0 Å². The molecule has 0 saturated carbocycles. The maximum absolute atomic E-state index is 3.56. The SMILES string of the molecule is CCSCCC(C)(C)CCNC(C)(C)C. The number of rotatable bonds is 7. The van der Waals surface area contributed by atoms with Gasteiger partial charge in [0.15, 0.2) is 0 Å². The minimum atomic E-state index is 0.258. The second-order valence-corrected chi connectivity index (χ2v) is 7.43. The molecule has 0 spiro atoms. The summed E-state index contributed by atoms with van der Waals surface area (Å²) < 4.78 is 0. The first-order valence-electron chi connectivity index (χ1n) is 6.10. The van der Waals surface area contributed by atoms with E-state index in [1.54, 1.807) is 0 Å². The Hall–Kier alpha value is 0.310. The van der Waals surface area contributed by atoms with Crippen molar-refractivity contribution in [3.63, 3.8) is 0 Å². The summed E-state index contributed by atoms with van der Waals surface area (Å²) in [4.78, 5) is 0. The Kier molecular flexibility index (Phi) is 6.94. The maximum atomic E-state index is 3.56. The van der Waals surface area contributed by atoms with Crippen LogP contribution in [0.3, 0.4) is 0 Å². The molecule has 0 rings (SSSR count). The summed E-state index contributed by atoms with van der Waals surface area (Å²) in [7, 11) is 0. The number of nitrogens with one attached hydrogen (secondary N) is 1. The molecule has 15 heavy (non-hydrogen) atoms. The number of hydrogen-bond acceptors (Lipinski definition) is 2. The van der Waals surface area contributed by atoms with Gasteiger partial charge in [-0.05, 0) is 57.1 Å². The van der Waals surface area contributed by atoms with E-state index in [0.717, 1.165) is 6.54 Å². The molecule has 92 valence electrons. The van der Waals surface area contributed by atoms with E-state index in [0.29, 0.717) is 5.41 Å². The van der Waals surface area contributed by atoms with Crippen LogP contribution in [0.1, 0.15) is 54.4 Å². The van der Waals surface area contributed by atoms with Gasteiger partial charge in [-0.1, -0.05) is 20.8 Å². The zero-order valence-corrected chi connectivity index (χ0v) is 12.3. The fraction of sp³-hybridized carbons (Fsp3) is 1.00. The largest absolute Gasteiger partial charge is 0.312 e. The molecule has 0 aliphatic rings. The standard InChI is InChI=1S/C13H29NS/c1-7-15-11-9-13(5,6)8-10-14-12(2,3)4/h14H,7-11H2,1-6H3. The fourth-order valence-electron chi connectivity index (χ4n) is 1.39. The van der Waals surface area contributed by atoms with Gasteiger partial charge in [-0.2, -0.15) is 11.8 Å². The second-order valence-electron chi connectivity index (χ2n) is 6.04. The molecule has 0 fully saturated rings. The first-order valence-corrected chi connectivity index (χ1v) is 7.25. The van der Waals surface area contributed by atoms with E-state index in [-0.39, 0.29) is 5.54 Å².